The van der Waals surface area contributed by atoms with Crippen LogP contribution in [0.4, 0.5) is 0 Å². The Kier molecular flexibility index (Phi) is 3.18. The zero-order chi connectivity index (χ0) is 10.5. The second-order valence-electron chi connectivity index (χ2n) is 3.06. The van der Waals surface area contributed by atoms with Gasteiger partial charge in [0.1, 0.15) is 0 Å². The molecule has 0 bridgehead atoms. The molecule has 0 unspecified atom stereocenters. The van der Waals surface area contributed by atoms with Crippen molar-refractivity contribution in [2.45, 2.75) is 6.54 Å². The second kappa shape index (κ2) is 4.78. The highest BCUT2D eigenvalue weighted by molar-refractivity contribution is 7.13. The summed E-state index contributed by atoms with van der Waals surface area (Å²) in [6.45, 7) is 1.32. The molecule has 15 heavy (non-hydrogen) atoms. The van der Waals surface area contributed by atoms with Gasteiger partial charge in [-0.2, -0.15) is 5.10 Å². The number of aromatic amines is 1. The summed E-state index contributed by atoms with van der Waals surface area (Å²) in [5.74, 6) is 2.55. The number of H-pyrrole nitrogens is 1. The van der Waals surface area contributed by atoms with Gasteiger partial charge in [-0.15, -0.1) is 17.8 Å². The summed E-state index contributed by atoms with van der Waals surface area (Å²) >= 11 is 1.69. The van der Waals surface area contributed by atoms with Crippen LogP contribution in [0, 0.1) is 12.3 Å². The molecule has 4 heteroatoms. The third kappa shape index (κ3) is 2.27. The third-order valence-corrected chi connectivity index (χ3v) is 2.92. The van der Waals surface area contributed by atoms with E-state index in [1.54, 1.807) is 11.3 Å². The lowest BCUT2D eigenvalue weighted by molar-refractivity contribution is 0.772. The van der Waals surface area contributed by atoms with Crippen LogP contribution in [0.15, 0.2) is 23.7 Å². The number of rotatable bonds is 4. The van der Waals surface area contributed by atoms with Gasteiger partial charge in [0.25, 0.3) is 0 Å². The normalized spacial score (nSPS) is 10.1. The van der Waals surface area contributed by atoms with Gasteiger partial charge in [-0.05, 0) is 11.4 Å². The number of thiophene rings is 1. The molecule has 2 N–H and O–H groups in total. The largest absolute Gasteiger partial charge is 0.302 e. The topological polar surface area (TPSA) is 40.7 Å². The van der Waals surface area contributed by atoms with Crippen LogP contribution in [0.3, 0.4) is 0 Å². The molecule has 2 rings (SSSR count). The fourth-order valence-corrected chi connectivity index (χ4v) is 2.10. The van der Waals surface area contributed by atoms with E-state index in [-0.39, 0.29) is 0 Å². The highest BCUT2D eigenvalue weighted by Gasteiger charge is 2.07. The van der Waals surface area contributed by atoms with E-state index in [4.69, 9.17) is 6.42 Å². The van der Waals surface area contributed by atoms with E-state index in [9.17, 15) is 0 Å². The standard InChI is InChI=1S/C11H11N3S/c1-2-5-12-7-9-8-13-14-11(9)10-4-3-6-15-10/h1,3-4,6,8,12H,5,7H2,(H,13,14). The molecule has 0 aliphatic heterocycles. The van der Waals surface area contributed by atoms with E-state index in [1.165, 1.54) is 4.88 Å². The van der Waals surface area contributed by atoms with Crippen LogP contribution < -0.4 is 5.32 Å². The molecule has 0 amide bonds. The lowest BCUT2D eigenvalue weighted by Crippen LogP contribution is -2.12. The van der Waals surface area contributed by atoms with Crippen molar-refractivity contribution in [2.75, 3.05) is 6.54 Å². The zero-order valence-electron chi connectivity index (χ0n) is 8.16. The quantitative estimate of drug-likeness (QED) is 0.606. The van der Waals surface area contributed by atoms with Crippen LogP contribution in [0.1, 0.15) is 5.56 Å². The molecule has 0 aromatic carbocycles. The highest BCUT2D eigenvalue weighted by Crippen LogP contribution is 2.25. The minimum atomic E-state index is 0.578. The summed E-state index contributed by atoms with van der Waals surface area (Å²) < 4.78 is 0. The Morgan fingerprint density at radius 2 is 2.53 bits per heavy atom. The summed E-state index contributed by atoms with van der Waals surface area (Å²) in [5.41, 5.74) is 2.22. The molecule has 0 aliphatic rings. The van der Waals surface area contributed by atoms with E-state index in [0.29, 0.717) is 6.54 Å². The molecule has 3 nitrogen and oxygen atoms in total. The Labute approximate surface area is 92.5 Å². The number of nitrogens with one attached hydrogen (secondary N) is 2. The Bertz CT molecular complexity index is 450. The van der Waals surface area contributed by atoms with Gasteiger partial charge in [-0.1, -0.05) is 12.0 Å². The van der Waals surface area contributed by atoms with Crippen molar-refractivity contribution in [3.63, 3.8) is 0 Å². The first-order chi connectivity index (χ1) is 7.42. The van der Waals surface area contributed by atoms with Crippen molar-refractivity contribution in [1.82, 2.24) is 15.5 Å². The number of hydrogen-bond donors (Lipinski definition) is 2. The van der Waals surface area contributed by atoms with Crippen LogP contribution in [-0.4, -0.2) is 16.7 Å². The number of hydrogen-bond acceptors (Lipinski definition) is 3. The van der Waals surface area contributed by atoms with Gasteiger partial charge in [0, 0.05) is 12.1 Å². The Balaban J connectivity index is 2.13. The summed E-state index contributed by atoms with van der Waals surface area (Å²) in [6, 6.07) is 4.10. The van der Waals surface area contributed by atoms with Gasteiger partial charge in [0.2, 0.25) is 0 Å². The minimum absolute atomic E-state index is 0.578. The van der Waals surface area contributed by atoms with Crippen LogP contribution in [0.2, 0.25) is 0 Å². The molecule has 76 valence electrons. The molecule has 0 aliphatic carbocycles. The Hall–Kier alpha value is -1.57. The van der Waals surface area contributed by atoms with Crippen molar-refractivity contribution in [3.05, 3.63) is 29.3 Å². The molecule has 2 aromatic rings. The van der Waals surface area contributed by atoms with Gasteiger partial charge < -0.3 is 5.32 Å². The third-order valence-electron chi connectivity index (χ3n) is 2.03. The van der Waals surface area contributed by atoms with Crippen LogP contribution in [0.25, 0.3) is 10.6 Å². The highest BCUT2D eigenvalue weighted by atomic mass is 32.1. The summed E-state index contributed by atoms with van der Waals surface area (Å²) in [6.07, 6.45) is 7.00. The molecular weight excluding hydrogens is 206 g/mol. The maximum atomic E-state index is 5.17. The number of aromatic nitrogens is 2. The molecule has 0 fully saturated rings. The molecule has 2 aromatic heterocycles. The predicted molar refractivity (Wildman–Crippen MR) is 62.4 cm³/mol. The van der Waals surface area contributed by atoms with Crippen molar-refractivity contribution >= 4 is 11.3 Å². The zero-order valence-corrected chi connectivity index (χ0v) is 8.97. The second-order valence-corrected chi connectivity index (χ2v) is 4.00. The van der Waals surface area contributed by atoms with Gasteiger partial charge in [0.15, 0.2) is 0 Å². The summed E-state index contributed by atoms with van der Waals surface area (Å²) in [7, 11) is 0. The SMILES string of the molecule is C#CCNCc1cn[nH]c1-c1cccs1. The molecule has 0 spiro atoms. The summed E-state index contributed by atoms with van der Waals surface area (Å²) in [5, 5.41) is 12.2. The maximum Gasteiger partial charge on any atom is 0.0794 e. The maximum absolute atomic E-state index is 5.17. The molecule has 0 saturated heterocycles. The average Bonchev–Trinajstić information content (AvgIpc) is 2.87. The van der Waals surface area contributed by atoms with Gasteiger partial charge in [0.05, 0.1) is 23.3 Å². The van der Waals surface area contributed by atoms with Gasteiger partial charge >= 0.3 is 0 Å². The van der Waals surface area contributed by atoms with Crippen molar-refractivity contribution < 1.29 is 0 Å². The van der Waals surface area contributed by atoms with Crippen molar-refractivity contribution in [1.29, 1.82) is 0 Å². The monoisotopic (exact) mass is 217 g/mol. The fraction of sp³-hybridized carbons (Fsp3) is 0.182. The predicted octanol–water partition coefficient (Wildman–Crippen LogP) is 1.86. The fourth-order valence-electron chi connectivity index (χ4n) is 1.35. The van der Waals surface area contributed by atoms with E-state index < -0.39 is 0 Å². The minimum Gasteiger partial charge on any atom is -0.302 e. The molecule has 0 saturated carbocycles. The first-order valence-corrected chi connectivity index (χ1v) is 5.50. The molecular formula is C11H11N3S. The number of terminal acetylenes is 1. The molecule has 0 atom stereocenters. The first kappa shape index (κ1) is 9.97. The van der Waals surface area contributed by atoms with Gasteiger partial charge in [-0.3, -0.25) is 5.10 Å². The van der Waals surface area contributed by atoms with Crippen LogP contribution >= 0.6 is 11.3 Å². The number of nitrogens with zero attached hydrogens (tertiary/aromatic N) is 1. The molecule has 2 heterocycles. The van der Waals surface area contributed by atoms with E-state index in [0.717, 1.165) is 17.8 Å². The average molecular weight is 217 g/mol. The molecule has 0 radical (unpaired) electrons. The lowest BCUT2D eigenvalue weighted by Gasteiger charge is -2.00. The van der Waals surface area contributed by atoms with Crippen molar-refractivity contribution in [2.24, 2.45) is 0 Å². The first-order valence-electron chi connectivity index (χ1n) is 4.62. The van der Waals surface area contributed by atoms with E-state index >= 15 is 0 Å². The lowest BCUT2D eigenvalue weighted by atomic mass is 10.2. The van der Waals surface area contributed by atoms with Gasteiger partial charge in [-0.25, -0.2) is 0 Å². The van der Waals surface area contributed by atoms with E-state index in [1.807, 2.05) is 12.3 Å². The Morgan fingerprint density at radius 3 is 3.27 bits per heavy atom. The van der Waals surface area contributed by atoms with Crippen molar-refractivity contribution in [3.8, 4) is 22.9 Å². The smallest absolute Gasteiger partial charge is 0.0794 e. The Morgan fingerprint density at radius 1 is 1.60 bits per heavy atom. The van der Waals surface area contributed by atoms with E-state index in [2.05, 4.69) is 32.9 Å². The van der Waals surface area contributed by atoms with Crippen LogP contribution in [0.5, 0.6) is 0 Å². The van der Waals surface area contributed by atoms with Crippen LogP contribution in [-0.2, 0) is 6.54 Å². The summed E-state index contributed by atoms with van der Waals surface area (Å²) in [4.78, 5) is 1.20.